The Bertz CT molecular complexity index is 607. The van der Waals surface area contributed by atoms with Gasteiger partial charge in [0.2, 0.25) is 5.91 Å². The molecule has 3 heteroatoms. The van der Waals surface area contributed by atoms with E-state index >= 15 is 0 Å². The van der Waals surface area contributed by atoms with Crippen LogP contribution < -0.4 is 5.32 Å². The maximum absolute atomic E-state index is 11.0. The van der Waals surface area contributed by atoms with Gasteiger partial charge in [0, 0.05) is 24.0 Å². The molecule has 0 unspecified atom stereocenters. The summed E-state index contributed by atoms with van der Waals surface area (Å²) in [5.41, 5.74) is 3.48. The Morgan fingerprint density at radius 1 is 1.35 bits per heavy atom. The number of aromatic nitrogens is 1. The smallest absolute Gasteiger partial charge is 0.217 e. The van der Waals surface area contributed by atoms with E-state index in [2.05, 4.69) is 30.4 Å². The van der Waals surface area contributed by atoms with Crippen LogP contribution in [0.4, 0.5) is 0 Å². The molecule has 1 atom stereocenters. The summed E-state index contributed by atoms with van der Waals surface area (Å²) < 4.78 is 0. The van der Waals surface area contributed by atoms with Gasteiger partial charge in [0.15, 0.2) is 0 Å². The van der Waals surface area contributed by atoms with Gasteiger partial charge in [0.25, 0.3) is 0 Å². The molecular formula is C17H22N2O. The van der Waals surface area contributed by atoms with Crippen LogP contribution in [0.25, 0.3) is 10.9 Å². The molecule has 1 N–H and O–H groups in total. The number of pyridine rings is 1. The molecule has 0 radical (unpaired) electrons. The lowest BCUT2D eigenvalue weighted by molar-refractivity contribution is -0.119. The molecule has 0 aliphatic rings. The summed E-state index contributed by atoms with van der Waals surface area (Å²) >= 11 is 0. The van der Waals surface area contributed by atoms with Gasteiger partial charge < -0.3 is 5.32 Å². The first-order valence-electron chi connectivity index (χ1n) is 7.18. The lowest BCUT2D eigenvalue weighted by atomic mass is 10.0. The SMILES string of the molecule is CC(=O)N[C@@H](C)CCCc1cc(C)c2ccccc2n1. The van der Waals surface area contributed by atoms with Crippen molar-refractivity contribution in [1.82, 2.24) is 10.3 Å². The van der Waals surface area contributed by atoms with Crippen molar-refractivity contribution in [3.8, 4) is 0 Å². The summed E-state index contributed by atoms with van der Waals surface area (Å²) in [4.78, 5) is 15.7. The van der Waals surface area contributed by atoms with Crippen molar-refractivity contribution in [2.24, 2.45) is 0 Å². The Morgan fingerprint density at radius 3 is 2.85 bits per heavy atom. The molecule has 20 heavy (non-hydrogen) atoms. The third-order valence-corrected chi connectivity index (χ3v) is 3.50. The van der Waals surface area contributed by atoms with Crippen molar-refractivity contribution in [3.63, 3.8) is 0 Å². The summed E-state index contributed by atoms with van der Waals surface area (Å²) in [5, 5.41) is 4.14. The Morgan fingerprint density at radius 2 is 2.10 bits per heavy atom. The normalized spacial score (nSPS) is 12.3. The Kier molecular flexibility index (Phi) is 4.72. The second-order valence-electron chi connectivity index (χ2n) is 5.44. The van der Waals surface area contributed by atoms with Crippen LogP contribution >= 0.6 is 0 Å². The second-order valence-corrected chi connectivity index (χ2v) is 5.44. The molecular weight excluding hydrogens is 248 g/mol. The lowest BCUT2D eigenvalue weighted by Gasteiger charge is -2.12. The van der Waals surface area contributed by atoms with Crippen molar-refractivity contribution in [1.29, 1.82) is 0 Å². The van der Waals surface area contributed by atoms with E-state index in [9.17, 15) is 4.79 Å². The van der Waals surface area contributed by atoms with Crippen LogP contribution in [-0.4, -0.2) is 16.9 Å². The Hall–Kier alpha value is -1.90. The summed E-state index contributed by atoms with van der Waals surface area (Å²) in [5.74, 6) is 0.0391. The molecule has 0 spiro atoms. The molecule has 0 aliphatic heterocycles. The van der Waals surface area contributed by atoms with Gasteiger partial charge in [-0.1, -0.05) is 18.2 Å². The van der Waals surface area contributed by atoms with E-state index in [0.29, 0.717) is 0 Å². The second kappa shape index (κ2) is 6.51. The van der Waals surface area contributed by atoms with Crippen molar-refractivity contribution in [2.45, 2.75) is 46.1 Å². The Labute approximate surface area is 120 Å². The number of amides is 1. The third-order valence-electron chi connectivity index (χ3n) is 3.50. The predicted octanol–water partition coefficient (Wildman–Crippen LogP) is 3.39. The lowest BCUT2D eigenvalue weighted by Crippen LogP contribution is -2.30. The van der Waals surface area contributed by atoms with Crippen LogP contribution in [0.2, 0.25) is 0 Å². The number of carbonyl (C=O) groups excluding carboxylic acids is 1. The highest BCUT2D eigenvalue weighted by atomic mass is 16.1. The number of nitrogens with one attached hydrogen (secondary N) is 1. The van der Waals surface area contributed by atoms with Gasteiger partial charge in [-0.3, -0.25) is 9.78 Å². The van der Waals surface area contributed by atoms with Gasteiger partial charge in [-0.2, -0.15) is 0 Å². The van der Waals surface area contributed by atoms with Crippen LogP contribution in [0.5, 0.6) is 0 Å². The molecule has 1 aromatic heterocycles. The molecule has 0 fully saturated rings. The first-order valence-corrected chi connectivity index (χ1v) is 7.18. The minimum absolute atomic E-state index is 0.0391. The van der Waals surface area contributed by atoms with E-state index in [1.807, 2.05) is 19.1 Å². The fraction of sp³-hybridized carbons (Fsp3) is 0.412. The molecule has 1 amide bonds. The number of rotatable bonds is 5. The minimum Gasteiger partial charge on any atom is -0.354 e. The first kappa shape index (κ1) is 14.5. The monoisotopic (exact) mass is 270 g/mol. The predicted molar refractivity (Wildman–Crippen MR) is 82.7 cm³/mol. The van der Waals surface area contributed by atoms with Crippen molar-refractivity contribution in [3.05, 3.63) is 41.6 Å². The summed E-state index contributed by atoms with van der Waals surface area (Å²) in [6.45, 7) is 5.73. The Balaban J connectivity index is 1.98. The average molecular weight is 270 g/mol. The zero-order chi connectivity index (χ0) is 14.5. The summed E-state index contributed by atoms with van der Waals surface area (Å²) in [6.07, 6.45) is 2.97. The molecule has 3 nitrogen and oxygen atoms in total. The zero-order valence-electron chi connectivity index (χ0n) is 12.4. The quantitative estimate of drug-likeness (QED) is 0.905. The van der Waals surface area contributed by atoms with E-state index in [-0.39, 0.29) is 11.9 Å². The van der Waals surface area contributed by atoms with E-state index in [4.69, 9.17) is 4.98 Å². The first-order chi connectivity index (χ1) is 9.56. The maximum atomic E-state index is 11.0. The van der Waals surface area contributed by atoms with Gasteiger partial charge in [-0.25, -0.2) is 0 Å². The fourth-order valence-electron chi connectivity index (χ4n) is 2.56. The van der Waals surface area contributed by atoms with Crippen LogP contribution in [-0.2, 0) is 11.2 Å². The molecule has 0 bridgehead atoms. The molecule has 106 valence electrons. The van der Waals surface area contributed by atoms with Crippen molar-refractivity contribution < 1.29 is 4.79 Å². The zero-order valence-corrected chi connectivity index (χ0v) is 12.4. The third kappa shape index (κ3) is 3.80. The van der Waals surface area contributed by atoms with Gasteiger partial charge in [0.05, 0.1) is 5.52 Å². The van der Waals surface area contributed by atoms with Crippen LogP contribution in [0, 0.1) is 6.92 Å². The van der Waals surface area contributed by atoms with E-state index in [0.717, 1.165) is 30.5 Å². The number of carbonyl (C=O) groups is 1. The number of hydrogen-bond donors (Lipinski definition) is 1. The van der Waals surface area contributed by atoms with E-state index in [1.165, 1.54) is 10.9 Å². The molecule has 0 saturated heterocycles. The van der Waals surface area contributed by atoms with Gasteiger partial charge >= 0.3 is 0 Å². The molecule has 0 saturated carbocycles. The van der Waals surface area contributed by atoms with Crippen LogP contribution in [0.3, 0.4) is 0 Å². The van der Waals surface area contributed by atoms with E-state index < -0.39 is 0 Å². The number of benzene rings is 1. The number of nitrogens with zero attached hydrogens (tertiary/aromatic N) is 1. The summed E-state index contributed by atoms with van der Waals surface area (Å²) in [6, 6.07) is 10.6. The largest absolute Gasteiger partial charge is 0.354 e. The van der Waals surface area contributed by atoms with Crippen LogP contribution in [0.15, 0.2) is 30.3 Å². The van der Waals surface area contributed by atoms with Gasteiger partial charge in [0.1, 0.15) is 0 Å². The fourth-order valence-corrected chi connectivity index (χ4v) is 2.56. The maximum Gasteiger partial charge on any atom is 0.217 e. The van der Waals surface area contributed by atoms with Crippen molar-refractivity contribution >= 4 is 16.8 Å². The minimum atomic E-state index is 0.0391. The number of hydrogen-bond acceptors (Lipinski definition) is 2. The molecule has 2 aromatic rings. The highest BCUT2D eigenvalue weighted by Crippen LogP contribution is 2.18. The topological polar surface area (TPSA) is 42.0 Å². The van der Waals surface area contributed by atoms with E-state index in [1.54, 1.807) is 6.92 Å². The molecule has 1 heterocycles. The highest BCUT2D eigenvalue weighted by molar-refractivity contribution is 5.82. The number of fused-ring (bicyclic) bond motifs is 1. The summed E-state index contributed by atoms with van der Waals surface area (Å²) in [7, 11) is 0. The number of para-hydroxylation sites is 1. The van der Waals surface area contributed by atoms with Crippen LogP contribution in [0.1, 0.15) is 37.9 Å². The average Bonchev–Trinajstić information content (AvgIpc) is 2.38. The van der Waals surface area contributed by atoms with Gasteiger partial charge in [-0.05, 0) is 50.8 Å². The molecule has 2 rings (SSSR count). The highest BCUT2D eigenvalue weighted by Gasteiger charge is 2.05. The molecule has 0 aliphatic carbocycles. The standard InChI is InChI=1S/C17H22N2O/c1-12-11-15(8-6-7-13(2)18-14(3)20)19-17-10-5-4-9-16(12)17/h4-5,9-11,13H,6-8H2,1-3H3,(H,18,20)/t13-/m0/s1. The number of aryl methyl sites for hydroxylation is 2. The van der Waals surface area contributed by atoms with Gasteiger partial charge in [-0.15, -0.1) is 0 Å². The van der Waals surface area contributed by atoms with Crippen molar-refractivity contribution in [2.75, 3.05) is 0 Å². The molecule has 1 aromatic carbocycles.